The predicted molar refractivity (Wildman–Crippen MR) is 66.4 cm³/mol. The van der Waals surface area contributed by atoms with Crippen LogP contribution in [0.25, 0.3) is 11.1 Å². The molecule has 2 nitrogen and oxygen atoms in total. The Morgan fingerprint density at radius 2 is 2.06 bits per heavy atom. The Bertz CT molecular complexity index is 592. The van der Waals surface area contributed by atoms with Gasteiger partial charge in [0.1, 0.15) is 0 Å². The number of pyridine rings is 1. The topological polar surface area (TPSA) is 36.7 Å². The summed E-state index contributed by atoms with van der Waals surface area (Å²) in [7, 11) is 0. The molecule has 17 heavy (non-hydrogen) atoms. The van der Waals surface area contributed by atoms with Gasteiger partial charge in [-0.25, -0.2) is 0 Å². The lowest BCUT2D eigenvalue weighted by atomic mass is 10.00. The molecule has 0 amide bonds. The van der Waals surface area contributed by atoms with Crippen molar-refractivity contribution in [2.75, 3.05) is 0 Å². The van der Waals surface area contributed by atoms with Gasteiger partial charge in [0, 0.05) is 17.7 Å². The van der Waals surface area contributed by atoms with Gasteiger partial charge in [-0.1, -0.05) is 18.2 Å². The van der Waals surface area contributed by atoms with Crippen LogP contribution < -0.4 is 0 Å². The standard InChI is InChI=1S/C15H12N2/c16-10-11-3-1-4-13(9-11)14-5-2-8-17-15(14)12-6-7-12/h1-5,8-9,12H,6-7H2. The van der Waals surface area contributed by atoms with E-state index < -0.39 is 0 Å². The SMILES string of the molecule is N#Cc1cccc(-c2cccnc2C2CC2)c1. The smallest absolute Gasteiger partial charge is 0.0991 e. The number of nitriles is 1. The molecular formula is C15H12N2. The molecule has 0 saturated heterocycles. The fraction of sp³-hybridized carbons (Fsp3) is 0.200. The van der Waals surface area contributed by atoms with E-state index in [4.69, 9.17) is 5.26 Å². The van der Waals surface area contributed by atoms with Crippen molar-refractivity contribution in [3.8, 4) is 17.2 Å². The molecule has 82 valence electrons. The largest absolute Gasteiger partial charge is 0.260 e. The first kappa shape index (κ1) is 10.0. The summed E-state index contributed by atoms with van der Waals surface area (Å²) in [5.74, 6) is 0.622. The number of hydrogen-bond donors (Lipinski definition) is 0. The van der Waals surface area contributed by atoms with Crippen molar-refractivity contribution in [1.82, 2.24) is 4.98 Å². The van der Waals surface area contributed by atoms with Crippen LogP contribution in [0.5, 0.6) is 0 Å². The van der Waals surface area contributed by atoms with Gasteiger partial charge in [-0.15, -0.1) is 0 Å². The number of nitrogens with zero attached hydrogens (tertiary/aromatic N) is 2. The van der Waals surface area contributed by atoms with Crippen LogP contribution in [-0.2, 0) is 0 Å². The van der Waals surface area contributed by atoms with Crippen molar-refractivity contribution in [1.29, 1.82) is 5.26 Å². The highest BCUT2D eigenvalue weighted by molar-refractivity contribution is 5.68. The fourth-order valence-corrected chi connectivity index (χ4v) is 2.10. The molecule has 0 N–H and O–H groups in total. The van der Waals surface area contributed by atoms with Gasteiger partial charge in [0.15, 0.2) is 0 Å². The van der Waals surface area contributed by atoms with Crippen LogP contribution in [-0.4, -0.2) is 4.98 Å². The molecule has 0 aliphatic heterocycles. The third-order valence-electron chi connectivity index (χ3n) is 3.11. The van der Waals surface area contributed by atoms with Crippen LogP contribution in [0.4, 0.5) is 0 Å². The molecule has 3 rings (SSSR count). The minimum absolute atomic E-state index is 0.622. The van der Waals surface area contributed by atoms with Gasteiger partial charge in [-0.3, -0.25) is 4.98 Å². The van der Waals surface area contributed by atoms with Gasteiger partial charge in [0.05, 0.1) is 17.3 Å². The maximum Gasteiger partial charge on any atom is 0.0991 e. The van der Waals surface area contributed by atoms with Gasteiger partial charge in [0.2, 0.25) is 0 Å². The number of rotatable bonds is 2. The Balaban J connectivity index is 2.11. The molecule has 1 saturated carbocycles. The average molecular weight is 220 g/mol. The Hall–Kier alpha value is -2.14. The third kappa shape index (κ3) is 1.92. The van der Waals surface area contributed by atoms with Crippen molar-refractivity contribution in [2.45, 2.75) is 18.8 Å². The molecule has 0 bridgehead atoms. The zero-order chi connectivity index (χ0) is 11.7. The molecule has 1 aromatic heterocycles. The molecule has 0 unspecified atom stereocenters. The molecule has 0 atom stereocenters. The second kappa shape index (κ2) is 4.03. The lowest BCUT2D eigenvalue weighted by Gasteiger charge is -2.07. The maximum absolute atomic E-state index is 8.93. The lowest BCUT2D eigenvalue weighted by Crippen LogP contribution is -1.91. The normalized spacial score (nSPS) is 14.3. The second-order valence-corrected chi connectivity index (χ2v) is 4.40. The molecule has 1 fully saturated rings. The van der Waals surface area contributed by atoms with E-state index in [0.29, 0.717) is 11.5 Å². The summed E-state index contributed by atoms with van der Waals surface area (Å²) in [5, 5.41) is 8.93. The predicted octanol–water partition coefficient (Wildman–Crippen LogP) is 3.50. The van der Waals surface area contributed by atoms with Gasteiger partial charge in [-0.05, 0) is 36.6 Å². The molecule has 0 spiro atoms. The zero-order valence-corrected chi connectivity index (χ0v) is 9.43. The third-order valence-corrected chi connectivity index (χ3v) is 3.11. The molecule has 0 radical (unpaired) electrons. The molecule has 1 aromatic carbocycles. The van der Waals surface area contributed by atoms with Crippen LogP contribution in [0, 0.1) is 11.3 Å². The fourth-order valence-electron chi connectivity index (χ4n) is 2.10. The minimum atomic E-state index is 0.622. The quantitative estimate of drug-likeness (QED) is 0.776. The first-order valence-corrected chi connectivity index (χ1v) is 5.84. The summed E-state index contributed by atoms with van der Waals surface area (Å²) in [6, 6.07) is 14.0. The monoisotopic (exact) mass is 220 g/mol. The van der Waals surface area contributed by atoms with E-state index in [1.807, 2.05) is 36.5 Å². The highest BCUT2D eigenvalue weighted by Gasteiger charge is 2.27. The molecule has 2 heteroatoms. The Labute approximate surface area is 101 Å². The number of benzene rings is 1. The minimum Gasteiger partial charge on any atom is -0.260 e. The van der Waals surface area contributed by atoms with E-state index >= 15 is 0 Å². The van der Waals surface area contributed by atoms with Crippen LogP contribution in [0.1, 0.15) is 30.0 Å². The van der Waals surface area contributed by atoms with Crippen LogP contribution in [0.3, 0.4) is 0 Å². The van der Waals surface area contributed by atoms with Gasteiger partial charge in [-0.2, -0.15) is 5.26 Å². The van der Waals surface area contributed by atoms with Crippen molar-refractivity contribution in [3.63, 3.8) is 0 Å². The highest BCUT2D eigenvalue weighted by atomic mass is 14.7. The summed E-state index contributed by atoms with van der Waals surface area (Å²) < 4.78 is 0. The van der Waals surface area contributed by atoms with Gasteiger partial charge in [0.25, 0.3) is 0 Å². The van der Waals surface area contributed by atoms with E-state index in [9.17, 15) is 0 Å². The van der Waals surface area contributed by atoms with Gasteiger partial charge < -0.3 is 0 Å². The molecule has 2 aromatic rings. The van der Waals surface area contributed by atoms with Crippen molar-refractivity contribution >= 4 is 0 Å². The van der Waals surface area contributed by atoms with E-state index in [1.165, 1.54) is 24.1 Å². The van der Waals surface area contributed by atoms with Gasteiger partial charge >= 0.3 is 0 Å². The first-order valence-electron chi connectivity index (χ1n) is 5.84. The van der Waals surface area contributed by atoms with E-state index in [1.54, 1.807) is 0 Å². The summed E-state index contributed by atoms with van der Waals surface area (Å²) in [6.45, 7) is 0. The van der Waals surface area contributed by atoms with Crippen molar-refractivity contribution in [2.24, 2.45) is 0 Å². The molecule has 1 aliphatic carbocycles. The molecule has 1 aliphatic rings. The first-order chi connectivity index (χ1) is 8.38. The van der Waals surface area contributed by atoms with E-state index in [2.05, 4.69) is 17.1 Å². The van der Waals surface area contributed by atoms with Crippen molar-refractivity contribution in [3.05, 3.63) is 53.9 Å². The Kier molecular flexibility index (Phi) is 2.38. The van der Waals surface area contributed by atoms with Crippen LogP contribution in [0.15, 0.2) is 42.6 Å². The summed E-state index contributed by atoms with van der Waals surface area (Å²) in [6.07, 6.45) is 4.33. The van der Waals surface area contributed by atoms with Crippen LogP contribution >= 0.6 is 0 Å². The zero-order valence-electron chi connectivity index (χ0n) is 9.43. The highest BCUT2D eigenvalue weighted by Crippen LogP contribution is 2.43. The average Bonchev–Trinajstić information content (AvgIpc) is 3.23. The maximum atomic E-state index is 8.93. The molecular weight excluding hydrogens is 208 g/mol. The summed E-state index contributed by atoms with van der Waals surface area (Å²) in [5.41, 5.74) is 4.15. The lowest BCUT2D eigenvalue weighted by molar-refractivity contribution is 1.03. The number of aromatic nitrogens is 1. The summed E-state index contributed by atoms with van der Waals surface area (Å²) in [4.78, 5) is 4.49. The second-order valence-electron chi connectivity index (χ2n) is 4.40. The number of hydrogen-bond acceptors (Lipinski definition) is 2. The Morgan fingerprint density at radius 3 is 2.82 bits per heavy atom. The van der Waals surface area contributed by atoms with E-state index in [-0.39, 0.29) is 0 Å². The van der Waals surface area contributed by atoms with E-state index in [0.717, 1.165) is 5.56 Å². The molecule has 1 heterocycles. The van der Waals surface area contributed by atoms with Crippen molar-refractivity contribution < 1.29 is 0 Å². The summed E-state index contributed by atoms with van der Waals surface area (Å²) >= 11 is 0. The Morgan fingerprint density at radius 1 is 1.18 bits per heavy atom. The van der Waals surface area contributed by atoms with Crippen LogP contribution in [0.2, 0.25) is 0 Å².